The predicted octanol–water partition coefficient (Wildman–Crippen LogP) is 7.43. The van der Waals surface area contributed by atoms with Crippen LogP contribution in [0.1, 0.15) is 31.2 Å². The molecule has 0 radical (unpaired) electrons. The summed E-state index contributed by atoms with van der Waals surface area (Å²) in [4.78, 5) is 59.5. The molecule has 2 aliphatic carbocycles. The first-order valence-electron chi connectivity index (χ1n) is 15.4. The highest BCUT2D eigenvalue weighted by Gasteiger charge is 2.67. The topological polar surface area (TPSA) is 95.0 Å². The SMILES string of the molecule is CC12C(=O)N(c3ccc(F)c(Cl)c3)C(=O)C1CC1C(=CCC3C(=O)N(c4ccc(Cl)cc4)C(=O)C31)C2c1ccc(O)c2ccccc12. The van der Waals surface area contributed by atoms with Gasteiger partial charge in [0.2, 0.25) is 23.6 Å². The Kier molecular flexibility index (Phi) is 6.66. The Morgan fingerprint density at radius 3 is 2.23 bits per heavy atom. The van der Waals surface area contributed by atoms with Crippen molar-refractivity contribution in [2.45, 2.75) is 25.7 Å². The van der Waals surface area contributed by atoms with Gasteiger partial charge in [-0.1, -0.05) is 65.2 Å². The van der Waals surface area contributed by atoms with Crippen LogP contribution in [0.15, 0.2) is 90.5 Å². The third-order valence-corrected chi connectivity index (χ3v) is 11.3. The lowest BCUT2D eigenvalue weighted by Gasteiger charge is -2.49. The molecular weight excluding hydrogens is 642 g/mol. The number of anilines is 2. The number of carbonyl (C=O) groups is 4. The molecule has 1 N–H and O–H groups in total. The van der Waals surface area contributed by atoms with Gasteiger partial charge in [0.05, 0.1) is 39.6 Å². The lowest BCUT2D eigenvalue weighted by molar-refractivity contribution is -0.131. The summed E-state index contributed by atoms with van der Waals surface area (Å²) < 4.78 is 14.2. The van der Waals surface area contributed by atoms with Gasteiger partial charge in [0.1, 0.15) is 11.6 Å². The van der Waals surface area contributed by atoms with E-state index >= 15 is 0 Å². The van der Waals surface area contributed by atoms with Crippen molar-refractivity contribution in [2.75, 3.05) is 9.80 Å². The highest BCUT2D eigenvalue weighted by Crippen LogP contribution is 2.64. The number of halogens is 3. The number of hydrogen-bond acceptors (Lipinski definition) is 5. The lowest BCUT2D eigenvalue weighted by atomic mass is 9.51. The molecule has 236 valence electrons. The lowest BCUT2D eigenvalue weighted by Crippen LogP contribution is -2.49. The van der Waals surface area contributed by atoms with Gasteiger partial charge in [-0.05, 0) is 85.2 Å². The number of benzene rings is 4. The summed E-state index contributed by atoms with van der Waals surface area (Å²) in [5, 5.41) is 12.3. The van der Waals surface area contributed by atoms with E-state index in [0.717, 1.165) is 22.1 Å². The van der Waals surface area contributed by atoms with Crippen molar-refractivity contribution in [3.63, 3.8) is 0 Å². The summed E-state index contributed by atoms with van der Waals surface area (Å²) in [6.07, 6.45) is 2.43. The van der Waals surface area contributed by atoms with E-state index in [0.29, 0.717) is 21.5 Å². The molecule has 1 saturated carbocycles. The van der Waals surface area contributed by atoms with E-state index in [2.05, 4.69) is 0 Å². The summed E-state index contributed by atoms with van der Waals surface area (Å²) >= 11 is 12.2. The van der Waals surface area contributed by atoms with Crippen LogP contribution in [0.25, 0.3) is 10.8 Å². The van der Waals surface area contributed by atoms with Gasteiger partial charge in [-0.2, -0.15) is 0 Å². The average Bonchev–Trinajstić information content (AvgIpc) is 3.43. The van der Waals surface area contributed by atoms with E-state index < -0.39 is 52.6 Å². The van der Waals surface area contributed by atoms with Crippen LogP contribution in [0.3, 0.4) is 0 Å². The molecule has 7 nitrogen and oxygen atoms in total. The third-order valence-electron chi connectivity index (χ3n) is 10.8. The van der Waals surface area contributed by atoms with Crippen molar-refractivity contribution in [1.82, 2.24) is 0 Å². The Bertz CT molecular complexity index is 2100. The first-order chi connectivity index (χ1) is 22.5. The predicted molar refractivity (Wildman–Crippen MR) is 176 cm³/mol. The molecule has 6 unspecified atom stereocenters. The molecule has 4 aromatic rings. The number of fused-ring (bicyclic) bond motifs is 5. The minimum atomic E-state index is -1.31. The average molecular weight is 670 g/mol. The Morgan fingerprint density at radius 1 is 0.809 bits per heavy atom. The molecule has 2 saturated heterocycles. The van der Waals surface area contributed by atoms with Crippen LogP contribution in [0.5, 0.6) is 5.75 Å². The summed E-state index contributed by atoms with van der Waals surface area (Å²) in [6.45, 7) is 1.78. The smallest absolute Gasteiger partial charge is 0.241 e. The second-order valence-electron chi connectivity index (χ2n) is 13.0. The summed E-state index contributed by atoms with van der Waals surface area (Å²) in [5.41, 5.74) is 0.821. The molecule has 0 spiro atoms. The van der Waals surface area contributed by atoms with E-state index in [1.54, 1.807) is 49.4 Å². The molecule has 3 fully saturated rings. The maximum atomic E-state index is 14.7. The van der Waals surface area contributed by atoms with Gasteiger partial charge in [0.15, 0.2) is 0 Å². The number of nitrogens with zero attached hydrogens (tertiary/aromatic N) is 2. The zero-order chi connectivity index (χ0) is 32.9. The van der Waals surface area contributed by atoms with Gasteiger partial charge in [-0.3, -0.25) is 24.1 Å². The summed E-state index contributed by atoms with van der Waals surface area (Å²) in [6, 6.07) is 20.9. The minimum Gasteiger partial charge on any atom is -0.507 e. The van der Waals surface area contributed by atoms with Crippen molar-refractivity contribution in [3.8, 4) is 5.75 Å². The number of aromatic hydroxyl groups is 1. The molecular formula is C37H27Cl2FN2O5. The van der Waals surface area contributed by atoms with Crippen LogP contribution >= 0.6 is 23.2 Å². The van der Waals surface area contributed by atoms with Crippen molar-refractivity contribution in [2.24, 2.45) is 29.1 Å². The fourth-order valence-corrected chi connectivity index (χ4v) is 8.93. The Morgan fingerprint density at radius 2 is 1.51 bits per heavy atom. The highest BCUT2D eigenvalue weighted by atomic mass is 35.5. The number of amides is 4. The maximum absolute atomic E-state index is 14.7. The van der Waals surface area contributed by atoms with E-state index in [1.165, 1.54) is 17.0 Å². The molecule has 4 amide bonds. The summed E-state index contributed by atoms with van der Waals surface area (Å²) in [7, 11) is 0. The van der Waals surface area contributed by atoms with Crippen LogP contribution in [0.2, 0.25) is 10.0 Å². The fourth-order valence-electron chi connectivity index (χ4n) is 8.63. The highest BCUT2D eigenvalue weighted by molar-refractivity contribution is 6.32. The quantitative estimate of drug-likeness (QED) is 0.181. The van der Waals surface area contributed by atoms with Gasteiger partial charge >= 0.3 is 0 Å². The van der Waals surface area contributed by atoms with Gasteiger partial charge in [-0.25, -0.2) is 9.29 Å². The molecule has 2 aliphatic heterocycles. The number of carbonyl (C=O) groups excluding carboxylic acids is 4. The van der Waals surface area contributed by atoms with Crippen LogP contribution in [-0.2, 0) is 19.2 Å². The summed E-state index contributed by atoms with van der Waals surface area (Å²) in [5.74, 6) is -5.65. The normalized spacial score (nSPS) is 28.4. The van der Waals surface area contributed by atoms with Crippen LogP contribution in [0, 0.1) is 34.9 Å². The molecule has 0 aromatic heterocycles. The second-order valence-corrected chi connectivity index (χ2v) is 13.8. The maximum Gasteiger partial charge on any atom is 0.241 e. The van der Waals surface area contributed by atoms with Crippen molar-refractivity contribution >= 4 is 69.0 Å². The number of phenols is 1. The van der Waals surface area contributed by atoms with Gasteiger partial charge in [0.25, 0.3) is 0 Å². The van der Waals surface area contributed by atoms with Crippen LogP contribution in [-0.4, -0.2) is 28.7 Å². The fraction of sp³-hybridized carbons (Fsp3) is 0.243. The Labute approximate surface area is 279 Å². The van der Waals surface area contributed by atoms with Gasteiger partial charge < -0.3 is 5.11 Å². The van der Waals surface area contributed by atoms with E-state index in [4.69, 9.17) is 23.2 Å². The van der Waals surface area contributed by atoms with E-state index in [-0.39, 0.29) is 41.1 Å². The largest absolute Gasteiger partial charge is 0.507 e. The number of rotatable bonds is 3. The van der Waals surface area contributed by atoms with Crippen molar-refractivity contribution in [3.05, 3.63) is 112 Å². The minimum absolute atomic E-state index is 0.0719. The first kappa shape index (κ1) is 29.8. The number of imide groups is 2. The molecule has 10 heteroatoms. The van der Waals surface area contributed by atoms with Crippen LogP contribution in [0.4, 0.5) is 15.8 Å². The number of phenolic OH excluding ortho intramolecular Hbond substituents is 1. The zero-order valence-corrected chi connectivity index (χ0v) is 26.5. The molecule has 6 atom stereocenters. The van der Waals surface area contributed by atoms with Crippen molar-refractivity contribution in [1.29, 1.82) is 0 Å². The Balaban J connectivity index is 1.31. The zero-order valence-electron chi connectivity index (χ0n) is 25.0. The van der Waals surface area contributed by atoms with E-state index in [1.807, 2.05) is 24.3 Å². The van der Waals surface area contributed by atoms with Gasteiger partial charge in [0, 0.05) is 16.3 Å². The second kappa shape index (κ2) is 10.5. The standard InChI is InChI=1S/C37H27Cl2FN2O5/c1-37-27(34(45)42(36(37)47)20-10-14-29(40)28(39)16-20)17-26-24(32(37)23-13-15-30(43)22-5-3-2-4-21(22)23)11-12-25-31(26)35(46)41(33(25)44)19-8-6-18(38)7-9-19/h2-11,13-16,25-27,31-32,43H,12,17H2,1H3. The molecule has 4 aromatic carbocycles. The first-order valence-corrected chi connectivity index (χ1v) is 16.1. The van der Waals surface area contributed by atoms with Crippen LogP contribution < -0.4 is 9.80 Å². The number of hydrogen-bond donors (Lipinski definition) is 1. The van der Waals surface area contributed by atoms with Crippen molar-refractivity contribution < 1.29 is 28.7 Å². The molecule has 2 heterocycles. The Hall–Kier alpha value is -4.53. The third kappa shape index (κ3) is 4.10. The van der Waals surface area contributed by atoms with Gasteiger partial charge in [-0.15, -0.1) is 0 Å². The molecule has 8 rings (SSSR count). The monoisotopic (exact) mass is 668 g/mol. The molecule has 4 aliphatic rings. The molecule has 0 bridgehead atoms. The number of allylic oxidation sites excluding steroid dienone is 2. The molecule has 47 heavy (non-hydrogen) atoms. The van der Waals surface area contributed by atoms with E-state index in [9.17, 15) is 28.7 Å².